The van der Waals surface area contributed by atoms with Gasteiger partial charge >= 0.3 is 0 Å². The number of amides is 1. The van der Waals surface area contributed by atoms with Crippen LogP contribution in [0.1, 0.15) is 19.4 Å². The molecular weight excluding hydrogens is 380 g/mol. The fourth-order valence-corrected chi connectivity index (χ4v) is 4.88. The maximum Gasteiger partial charge on any atom is 0.285 e. The van der Waals surface area contributed by atoms with Gasteiger partial charge in [0.05, 0.1) is 19.8 Å². The summed E-state index contributed by atoms with van der Waals surface area (Å²) in [5.41, 5.74) is 0.533. The lowest BCUT2D eigenvalue weighted by Gasteiger charge is -2.37. The van der Waals surface area contributed by atoms with Crippen LogP contribution in [0.5, 0.6) is 0 Å². The zero-order valence-corrected chi connectivity index (χ0v) is 17.4. The van der Waals surface area contributed by atoms with E-state index in [1.54, 1.807) is 30.1 Å². The van der Waals surface area contributed by atoms with Crippen molar-refractivity contribution in [2.24, 2.45) is 10.3 Å². The van der Waals surface area contributed by atoms with Crippen LogP contribution in [0.25, 0.3) is 0 Å². The molecule has 2 heterocycles. The first-order valence-electron chi connectivity index (χ1n) is 9.53. The molecule has 0 saturated carbocycles. The SMILES string of the molecule is CC(C)C(CNC(=O)CN(C)C1=NS(=O)(=O)c2ccccc21)N1CCOCC1. The Kier molecular flexibility index (Phi) is 6.36. The van der Waals surface area contributed by atoms with Crippen molar-refractivity contribution >= 4 is 21.8 Å². The van der Waals surface area contributed by atoms with Crippen molar-refractivity contribution in [1.29, 1.82) is 0 Å². The average molecular weight is 409 g/mol. The van der Waals surface area contributed by atoms with Crippen molar-refractivity contribution in [2.45, 2.75) is 24.8 Å². The monoisotopic (exact) mass is 408 g/mol. The summed E-state index contributed by atoms with van der Waals surface area (Å²) in [6, 6.07) is 6.91. The first-order chi connectivity index (χ1) is 13.3. The van der Waals surface area contributed by atoms with Gasteiger partial charge in [-0.1, -0.05) is 26.0 Å². The average Bonchev–Trinajstić information content (AvgIpc) is 2.94. The molecule has 154 valence electrons. The number of benzene rings is 1. The number of sulfonamides is 1. The topological polar surface area (TPSA) is 91.3 Å². The Morgan fingerprint density at radius 2 is 1.96 bits per heavy atom. The number of morpholine rings is 1. The summed E-state index contributed by atoms with van der Waals surface area (Å²) in [6.45, 7) is 8.04. The third-order valence-corrected chi connectivity index (χ3v) is 6.47. The quantitative estimate of drug-likeness (QED) is 0.739. The second-order valence-corrected chi connectivity index (χ2v) is 9.08. The van der Waals surface area contributed by atoms with Gasteiger partial charge < -0.3 is 15.0 Å². The van der Waals surface area contributed by atoms with Gasteiger partial charge in [0.25, 0.3) is 10.0 Å². The Morgan fingerprint density at radius 3 is 2.64 bits per heavy atom. The molecule has 1 unspecified atom stereocenters. The lowest BCUT2D eigenvalue weighted by Crippen LogP contribution is -2.52. The summed E-state index contributed by atoms with van der Waals surface area (Å²) >= 11 is 0. The predicted molar refractivity (Wildman–Crippen MR) is 107 cm³/mol. The van der Waals surface area contributed by atoms with Crippen LogP contribution in [-0.2, 0) is 19.6 Å². The number of carbonyl (C=O) groups excluding carboxylic acids is 1. The van der Waals surface area contributed by atoms with Crippen molar-refractivity contribution in [3.8, 4) is 0 Å². The van der Waals surface area contributed by atoms with E-state index < -0.39 is 10.0 Å². The highest BCUT2D eigenvalue weighted by Crippen LogP contribution is 2.26. The van der Waals surface area contributed by atoms with Crippen molar-refractivity contribution < 1.29 is 17.9 Å². The fourth-order valence-electron chi connectivity index (χ4n) is 3.62. The number of ether oxygens (including phenoxy) is 1. The smallest absolute Gasteiger partial charge is 0.285 e. The minimum Gasteiger partial charge on any atom is -0.379 e. The standard InChI is InChI=1S/C19H28N4O4S/c1-14(2)16(23-8-10-27-11-9-23)12-20-18(24)13-22(3)19-15-6-4-5-7-17(15)28(25,26)21-19/h4-7,14,16H,8-13H2,1-3H3,(H,20,24). The first kappa shape index (κ1) is 20.8. The van der Waals surface area contributed by atoms with Gasteiger partial charge in [0.2, 0.25) is 5.91 Å². The van der Waals surface area contributed by atoms with Crippen LogP contribution in [-0.4, -0.2) is 82.4 Å². The van der Waals surface area contributed by atoms with E-state index in [2.05, 4.69) is 28.5 Å². The largest absolute Gasteiger partial charge is 0.379 e. The molecule has 0 aromatic heterocycles. The van der Waals surface area contributed by atoms with Crippen LogP contribution in [0.3, 0.4) is 0 Å². The van der Waals surface area contributed by atoms with Gasteiger partial charge in [-0.25, -0.2) is 0 Å². The molecular formula is C19H28N4O4S. The number of nitrogens with one attached hydrogen (secondary N) is 1. The molecule has 0 spiro atoms. The second kappa shape index (κ2) is 8.59. The Bertz CT molecular complexity index is 847. The lowest BCUT2D eigenvalue weighted by atomic mass is 10.0. The summed E-state index contributed by atoms with van der Waals surface area (Å²) < 4.78 is 33.6. The summed E-state index contributed by atoms with van der Waals surface area (Å²) in [5.74, 6) is 0.539. The highest BCUT2D eigenvalue weighted by Gasteiger charge is 2.31. The maximum absolute atomic E-state index is 12.5. The van der Waals surface area contributed by atoms with Gasteiger partial charge in [0, 0.05) is 38.3 Å². The van der Waals surface area contributed by atoms with E-state index in [4.69, 9.17) is 4.74 Å². The van der Waals surface area contributed by atoms with Crippen LogP contribution in [0.2, 0.25) is 0 Å². The Morgan fingerprint density at radius 1 is 1.29 bits per heavy atom. The molecule has 0 bridgehead atoms. The number of likely N-dealkylation sites (N-methyl/N-ethyl adjacent to an activating group) is 1. The Hall–Kier alpha value is -1.97. The van der Waals surface area contributed by atoms with Crippen molar-refractivity contribution in [1.82, 2.24) is 15.1 Å². The normalized spacial score (nSPS) is 19.8. The van der Waals surface area contributed by atoms with Crippen molar-refractivity contribution in [3.63, 3.8) is 0 Å². The number of fused-ring (bicyclic) bond motifs is 1. The molecule has 9 heteroatoms. The van der Waals surface area contributed by atoms with E-state index >= 15 is 0 Å². The molecule has 0 radical (unpaired) electrons. The molecule has 3 rings (SSSR count). The highest BCUT2D eigenvalue weighted by atomic mass is 32.2. The number of hydrogen-bond donors (Lipinski definition) is 1. The number of nitrogens with zero attached hydrogens (tertiary/aromatic N) is 3. The third kappa shape index (κ3) is 4.53. The molecule has 2 aliphatic rings. The summed E-state index contributed by atoms with van der Waals surface area (Å²) in [6.07, 6.45) is 0. The molecule has 1 aromatic rings. The van der Waals surface area contributed by atoms with Gasteiger partial charge in [0.15, 0.2) is 5.84 Å². The molecule has 2 aliphatic heterocycles. The number of hydrogen-bond acceptors (Lipinski definition) is 6. The van der Waals surface area contributed by atoms with Gasteiger partial charge in [-0.15, -0.1) is 4.40 Å². The van der Waals surface area contributed by atoms with Crippen molar-refractivity contribution in [3.05, 3.63) is 29.8 Å². The molecule has 1 fully saturated rings. The van der Waals surface area contributed by atoms with Crippen LogP contribution in [0, 0.1) is 5.92 Å². The van der Waals surface area contributed by atoms with Crippen LogP contribution >= 0.6 is 0 Å². The summed E-state index contributed by atoms with van der Waals surface area (Å²) in [7, 11) is -2.01. The number of carbonyl (C=O) groups is 1. The van der Waals surface area contributed by atoms with E-state index in [0.29, 0.717) is 37.1 Å². The van der Waals surface area contributed by atoms with Crippen molar-refractivity contribution in [2.75, 3.05) is 46.4 Å². The van der Waals surface area contributed by atoms with Crippen LogP contribution < -0.4 is 5.32 Å². The molecule has 0 aliphatic carbocycles. The zero-order valence-electron chi connectivity index (χ0n) is 16.6. The van der Waals surface area contributed by atoms with Gasteiger partial charge in [-0.05, 0) is 18.1 Å². The van der Waals surface area contributed by atoms with Gasteiger partial charge in [-0.2, -0.15) is 8.42 Å². The molecule has 8 nitrogen and oxygen atoms in total. The molecule has 28 heavy (non-hydrogen) atoms. The Labute approximate surface area is 166 Å². The van der Waals surface area contributed by atoms with E-state index in [9.17, 15) is 13.2 Å². The summed E-state index contributed by atoms with van der Waals surface area (Å²) in [5, 5.41) is 2.99. The van der Waals surface area contributed by atoms with E-state index in [1.165, 1.54) is 6.07 Å². The Balaban J connectivity index is 1.60. The van der Waals surface area contributed by atoms with E-state index in [0.717, 1.165) is 13.1 Å². The van der Waals surface area contributed by atoms with E-state index in [-0.39, 0.29) is 23.4 Å². The molecule has 1 amide bonds. The zero-order chi connectivity index (χ0) is 20.3. The molecule has 1 atom stereocenters. The maximum atomic E-state index is 12.5. The van der Waals surface area contributed by atoms with Crippen LogP contribution in [0.4, 0.5) is 0 Å². The van der Waals surface area contributed by atoms with Crippen LogP contribution in [0.15, 0.2) is 33.6 Å². The van der Waals surface area contributed by atoms with Gasteiger partial charge in [-0.3, -0.25) is 9.69 Å². The summed E-state index contributed by atoms with van der Waals surface area (Å²) in [4.78, 5) is 16.6. The molecule has 1 aromatic carbocycles. The minimum atomic E-state index is -3.69. The predicted octanol–water partition coefficient (Wildman–Crippen LogP) is 0.540. The highest BCUT2D eigenvalue weighted by molar-refractivity contribution is 7.90. The molecule has 1 saturated heterocycles. The number of amidine groups is 1. The lowest BCUT2D eigenvalue weighted by molar-refractivity contribution is -0.121. The third-order valence-electron chi connectivity index (χ3n) is 5.15. The minimum absolute atomic E-state index is 0.0383. The number of rotatable bonds is 6. The first-order valence-corrected chi connectivity index (χ1v) is 11.0. The fraction of sp³-hybridized carbons (Fsp3) is 0.579. The van der Waals surface area contributed by atoms with Gasteiger partial charge in [0.1, 0.15) is 4.90 Å². The molecule has 1 N–H and O–H groups in total. The van der Waals surface area contributed by atoms with E-state index in [1.807, 2.05) is 0 Å². The second-order valence-electron chi connectivity index (χ2n) is 7.51.